The number of benzene rings is 2. The van der Waals surface area contributed by atoms with Crippen molar-refractivity contribution < 1.29 is 28.0 Å². The van der Waals surface area contributed by atoms with E-state index in [-0.39, 0.29) is 34.1 Å². The number of carbonyl (C=O) groups is 1. The molecule has 2 aromatic rings. The van der Waals surface area contributed by atoms with Crippen LogP contribution in [0.15, 0.2) is 83.3 Å². The second kappa shape index (κ2) is 10.8. The maximum atomic E-state index is 14.1. The Morgan fingerprint density at radius 3 is 2.35 bits per heavy atom. The number of aliphatic hydroxyl groups excluding tert-OH is 1. The van der Waals surface area contributed by atoms with Crippen LogP contribution in [0.5, 0.6) is 0 Å². The number of hydrogen-bond acceptors (Lipinski definition) is 5. The fourth-order valence-electron chi connectivity index (χ4n) is 6.12. The van der Waals surface area contributed by atoms with Gasteiger partial charge in [0.1, 0.15) is 5.76 Å². The maximum Gasteiger partial charge on any atom is 0.416 e. The number of nitro groups is 1. The van der Waals surface area contributed by atoms with Gasteiger partial charge < -0.3 is 10.0 Å². The van der Waals surface area contributed by atoms with Crippen LogP contribution in [-0.2, 0) is 21.8 Å². The molecule has 43 heavy (non-hydrogen) atoms. The Hall–Kier alpha value is -4.14. The molecular weight excluding hydrogens is 557 g/mol. The highest BCUT2D eigenvalue weighted by Gasteiger charge is 2.48. The molecule has 0 saturated carbocycles. The quantitative estimate of drug-likeness (QED) is 0.188. The van der Waals surface area contributed by atoms with Crippen molar-refractivity contribution in [3.8, 4) is 0 Å². The minimum absolute atomic E-state index is 0.000750. The van der Waals surface area contributed by atoms with Crippen LogP contribution >= 0.6 is 0 Å². The number of hydrogen-bond donors (Lipinski definition) is 1. The lowest BCUT2D eigenvalue weighted by molar-refractivity contribution is -0.386. The largest absolute Gasteiger partial charge is 0.506 e. The van der Waals surface area contributed by atoms with Gasteiger partial charge in [0.05, 0.1) is 21.6 Å². The van der Waals surface area contributed by atoms with Crippen LogP contribution in [0.1, 0.15) is 70.2 Å². The Morgan fingerprint density at radius 1 is 1.16 bits per heavy atom. The van der Waals surface area contributed by atoms with Crippen LogP contribution in [0.25, 0.3) is 0 Å². The SMILES string of the molecule is C=C(/C=C1\C(=O)C(/C=C2\N(CCC(C)C)c3cccc(C(F)(F)F)c3C2(C)C)=C1O)C(C)(C)c1c(C)cccc1[N+](=O)[O-]. The Morgan fingerprint density at radius 2 is 1.79 bits per heavy atom. The van der Waals surface area contributed by atoms with Crippen LogP contribution in [-0.4, -0.2) is 22.4 Å². The summed E-state index contributed by atoms with van der Waals surface area (Å²) in [5.41, 5.74) is -0.286. The van der Waals surface area contributed by atoms with Gasteiger partial charge in [-0.05, 0) is 60.2 Å². The van der Waals surface area contributed by atoms with Crippen molar-refractivity contribution in [1.29, 1.82) is 0 Å². The van der Waals surface area contributed by atoms with Crippen LogP contribution in [0, 0.1) is 23.0 Å². The highest BCUT2D eigenvalue weighted by atomic mass is 19.4. The van der Waals surface area contributed by atoms with Crippen molar-refractivity contribution in [2.75, 3.05) is 11.4 Å². The van der Waals surface area contributed by atoms with Crippen LogP contribution in [0.3, 0.4) is 0 Å². The summed E-state index contributed by atoms with van der Waals surface area (Å²) in [7, 11) is 0. The molecule has 6 nitrogen and oxygen atoms in total. The average Bonchev–Trinajstić information content (AvgIpc) is 3.13. The first-order valence-electron chi connectivity index (χ1n) is 14.2. The lowest BCUT2D eigenvalue weighted by atomic mass is 9.73. The number of nitrogens with zero attached hydrogens (tertiary/aromatic N) is 2. The summed E-state index contributed by atoms with van der Waals surface area (Å²) in [6, 6.07) is 8.90. The highest BCUT2D eigenvalue weighted by molar-refractivity contribution is 6.21. The smallest absolute Gasteiger partial charge is 0.416 e. The first-order valence-corrected chi connectivity index (χ1v) is 14.2. The van der Waals surface area contributed by atoms with Crippen LogP contribution in [0.4, 0.5) is 24.5 Å². The average molecular weight is 595 g/mol. The molecule has 2 aliphatic rings. The number of aryl methyl sites for hydroxylation is 1. The number of halogens is 3. The second-order valence-electron chi connectivity index (χ2n) is 12.7. The Bertz CT molecular complexity index is 1620. The Balaban J connectivity index is 1.79. The van der Waals surface area contributed by atoms with Crippen molar-refractivity contribution in [2.24, 2.45) is 5.92 Å². The summed E-state index contributed by atoms with van der Waals surface area (Å²) in [6.07, 6.45) is -0.934. The second-order valence-corrected chi connectivity index (χ2v) is 12.7. The number of Topliss-reactive ketones (excluding diaryl/α,β-unsaturated/α-hetero) is 1. The standard InChI is InChI=1S/C34H37F3N2O4/c1-19(2)15-16-38-25-13-10-12-24(34(35,36)37)29(25)33(7,8)27(38)18-23-30(40)22(31(23)41)17-21(4)32(5,6)28-20(3)11-9-14-26(28)39(42)43/h9-14,17-19,40H,4,15-16H2,1-3,5-8H3/b22-17-,27-18-. The minimum atomic E-state index is -4.56. The molecule has 0 aromatic heterocycles. The lowest BCUT2D eigenvalue weighted by Crippen LogP contribution is -2.31. The van der Waals surface area contributed by atoms with E-state index in [0.29, 0.717) is 41.1 Å². The molecule has 0 unspecified atom stereocenters. The molecule has 0 fully saturated rings. The summed E-state index contributed by atoms with van der Waals surface area (Å²) < 4.78 is 42.3. The van der Waals surface area contributed by atoms with Gasteiger partial charge in [-0.15, -0.1) is 0 Å². The minimum Gasteiger partial charge on any atom is -0.506 e. The van der Waals surface area contributed by atoms with E-state index in [2.05, 4.69) is 6.58 Å². The molecule has 1 aliphatic heterocycles. The predicted octanol–water partition coefficient (Wildman–Crippen LogP) is 8.80. The van der Waals surface area contributed by atoms with E-state index in [4.69, 9.17) is 0 Å². The molecule has 1 N–H and O–H groups in total. The van der Waals surface area contributed by atoms with Gasteiger partial charge >= 0.3 is 6.18 Å². The number of alkyl halides is 3. The normalized spacial score (nSPS) is 18.5. The Labute approximate surface area is 250 Å². The van der Waals surface area contributed by atoms with Crippen molar-refractivity contribution in [2.45, 2.75) is 71.9 Å². The summed E-state index contributed by atoms with van der Waals surface area (Å²) in [4.78, 5) is 26.5. The topological polar surface area (TPSA) is 83.7 Å². The van der Waals surface area contributed by atoms with E-state index in [1.54, 1.807) is 52.8 Å². The van der Waals surface area contributed by atoms with Crippen LogP contribution in [0.2, 0.25) is 0 Å². The van der Waals surface area contributed by atoms with Crippen molar-refractivity contribution in [3.63, 3.8) is 0 Å². The van der Waals surface area contributed by atoms with Gasteiger partial charge in [-0.1, -0.05) is 66.3 Å². The molecule has 0 amide bonds. The van der Waals surface area contributed by atoms with E-state index >= 15 is 0 Å². The molecule has 9 heteroatoms. The molecule has 0 spiro atoms. The number of aliphatic hydroxyl groups is 1. The molecule has 228 valence electrons. The highest BCUT2D eigenvalue weighted by Crippen LogP contribution is 2.53. The maximum absolute atomic E-state index is 14.1. The third-order valence-corrected chi connectivity index (χ3v) is 8.60. The number of ketones is 1. The molecule has 2 aromatic carbocycles. The number of rotatable bonds is 8. The summed E-state index contributed by atoms with van der Waals surface area (Å²) in [5.74, 6) is -0.488. The van der Waals surface area contributed by atoms with Crippen molar-refractivity contribution >= 4 is 17.2 Å². The van der Waals surface area contributed by atoms with Crippen molar-refractivity contribution in [3.05, 3.63) is 116 Å². The zero-order valence-corrected chi connectivity index (χ0v) is 25.5. The molecule has 1 heterocycles. The van der Waals surface area contributed by atoms with Gasteiger partial charge in [0.15, 0.2) is 0 Å². The van der Waals surface area contributed by atoms with Gasteiger partial charge in [-0.25, -0.2) is 0 Å². The molecule has 0 bridgehead atoms. The van der Waals surface area contributed by atoms with E-state index in [0.717, 1.165) is 6.07 Å². The zero-order chi connectivity index (χ0) is 32.2. The molecule has 0 atom stereocenters. The Kier molecular flexibility index (Phi) is 8.02. The van der Waals surface area contributed by atoms with Crippen LogP contribution < -0.4 is 4.90 Å². The van der Waals surface area contributed by atoms with Gasteiger partial charge in [0.25, 0.3) is 5.69 Å². The first kappa shape index (κ1) is 31.8. The van der Waals surface area contributed by atoms with Gasteiger partial charge in [0.2, 0.25) is 5.78 Å². The van der Waals surface area contributed by atoms with E-state index in [9.17, 15) is 33.2 Å². The number of fused-ring (bicyclic) bond motifs is 1. The predicted molar refractivity (Wildman–Crippen MR) is 162 cm³/mol. The van der Waals surface area contributed by atoms with E-state index in [1.165, 1.54) is 24.3 Å². The third-order valence-electron chi connectivity index (χ3n) is 8.60. The number of nitro benzene ring substituents is 1. The first-order chi connectivity index (χ1) is 19.8. The number of allylic oxidation sites excluding steroid dienone is 6. The molecule has 0 radical (unpaired) electrons. The molecule has 0 saturated heterocycles. The summed E-state index contributed by atoms with van der Waals surface area (Å²) >= 11 is 0. The van der Waals surface area contributed by atoms with E-state index < -0.39 is 33.3 Å². The van der Waals surface area contributed by atoms with E-state index in [1.807, 2.05) is 18.7 Å². The monoisotopic (exact) mass is 594 g/mol. The number of carbonyl (C=O) groups excluding carboxylic acids is 1. The van der Waals surface area contributed by atoms with Gasteiger partial charge in [-0.3, -0.25) is 14.9 Å². The van der Waals surface area contributed by atoms with Gasteiger partial charge in [0, 0.05) is 40.4 Å². The molecule has 4 rings (SSSR count). The lowest BCUT2D eigenvalue weighted by Gasteiger charge is -2.31. The van der Waals surface area contributed by atoms with Crippen molar-refractivity contribution in [1.82, 2.24) is 0 Å². The zero-order valence-electron chi connectivity index (χ0n) is 25.5. The van der Waals surface area contributed by atoms with Gasteiger partial charge in [-0.2, -0.15) is 13.2 Å². The summed E-state index contributed by atoms with van der Waals surface area (Å²) in [5, 5.41) is 22.8. The fourth-order valence-corrected chi connectivity index (χ4v) is 6.12. The molecule has 1 aliphatic carbocycles. The summed E-state index contributed by atoms with van der Waals surface area (Å²) in [6.45, 7) is 17.2. The fraction of sp³-hybridized carbons (Fsp3) is 0.382. The number of anilines is 1. The third kappa shape index (κ3) is 5.41. The molecular formula is C34H37F3N2O4.